The maximum Gasteiger partial charge on any atom is 0.417 e. The zero-order chi connectivity index (χ0) is 20.8. The number of halogens is 3. The SMILES string of the molecule is CC1(C(N)=O)CCCN(c2ccnc(-c3cnc4ccc(C(F)(F)F)cn34)n2)C1. The van der Waals surface area contributed by atoms with Crippen molar-refractivity contribution >= 4 is 17.4 Å². The average Bonchev–Trinajstić information content (AvgIpc) is 3.11. The van der Waals surface area contributed by atoms with Gasteiger partial charge in [-0.15, -0.1) is 0 Å². The van der Waals surface area contributed by atoms with Crippen molar-refractivity contribution in [2.75, 3.05) is 18.0 Å². The number of carbonyl (C=O) groups is 1. The predicted molar refractivity (Wildman–Crippen MR) is 100.0 cm³/mol. The van der Waals surface area contributed by atoms with E-state index in [9.17, 15) is 18.0 Å². The molecule has 0 bridgehead atoms. The molecular weight excluding hydrogens is 385 g/mol. The minimum Gasteiger partial charge on any atom is -0.369 e. The summed E-state index contributed by atoms with van der Waals surface area (Å²) in [4.78, 5) is 26.7. The molecule has 1 amide bonds. The van der Waals surface area contributed by atoms with Crippen molar-refractivity contribution < 1.29 is 18.0 Å². The Balaban J connectivity index is 1.72. The number of alkyl halides is 3. The number of rotatable bonds is 3. The van der Waals surface area contributed by atoms with Gasteiger partial charge in [0.15, 0.2) is 5.82 Å². The zero-order valence-electron chi connectivity index (χ0n) is 15.6. The Morgan fingerprint density at radius 1 is 1.24 bits per heavy atom. The number of piperidine rings is 1. The van der Waals surface area contributed by atoms with Gasteiger partial charge in [-0.3, -0.25) is 9.20 Å². The summed E-state index contributed by atoms with van der Waals surface area (Å²) in [5.41, 5.74) is 4.83. The fraction of sp³-hybridized carbons (Fsp3) is 0.368. The zero-order valence-corrected chi connectivity index (χ0v) is 15.6. The second-order valence-electron chi connectivity index (χ2n) is 7.48. The molecule has 0 spiro atoms. The molecule has 29 heavy (non-hydrogen) atoms. The van der Waals surface area contributed by atoms with Crippen LogP contribution in [0.1, 0.15) is 25.3 Å². The number of hydrogen-bond acceptors (Lipinski definition) is 5. The highest BCUT2D eigenvalue weighted by atomic mass is 19.4. The number of nitrogens with zero attached hydrogens (tertiary/aromatic N) is 5. The summed E-state index contributed by atoms with van der Waals surface area (Å²) in [6.45, 7) is 2.95. The van der Waals surface area contributed by atoms with E-state index in [2.05, 4.69) is 15.0 Å². The lowest BCUT2D eigenvalue weighted by Crippen LogP contribution is -2.49. The summed E-state index contributed by atoms with van der Waals surface area (Å²) in [5.74, 6) is 0.475. The number of nitrogens with two attached hydrogens (primary N) is 1. The molecule has 7 nitrogen and oxygen atoms in total. The molecule has 0 aliphatic carbocycles. The Kier molecular flexibility index (Phi) is 4.44. The van der Waals surface area contributed by atoms with E-state index in [0.29, 0.717) is 36.7 Å². The normalized spacial score (nSPS) is 20.2. The highest BCUT2D eigenvalue weighted by molar-refractivity contribution is 5.81. The quantitative estimate of drug-likeness (QED) is 0.725. The van der Waals surface area contributed by atoms with Crippen LogP contribution in [-0.4, -0.2) is 38.3 Å². The minimum atomic E-state index is -4.47. The number of pyridine rings is 1. The molecule has 152 valence electrons. The second kappa shape index (κ2) is 6.71. The molecule has 1 aliphatic heterocycles. The topological polar surface area (TPSA) is 89.4 Å². The standard InChI is InChI=1S/C19H19F3N6O/c1-18(17(23)29)6-2-8-27(11-18)15-5-7-24-16(26-15)13-9-25-14-4-3-12(10-28(13)14)19(20,21)22/h3-5,7,9-10H,2,6,8,11H2,1H3,(H2,23,29). The molecule has 4 heterocycles. The number of amides is 1. The molecule has 1 aliphatic rings. The second-order valence-corrected chi connectivity index (χ2v) is 7.48. The van der Waals surface area contributed by atoms with Crippen LogP contribution in [-0.2, 0) is 11.0 Å². The van der Waals surface area contributed by atoms with Gasteiger partial charge < -0.3 is 10.6 Å². The average molecular weight is 404 g/mol. The fourth-order valence-corrected chi connectivity index (χ4v) is 3.60. The van der Waals surface area contributed by atoms with Crippen LogP contribution >= 0.6 is 0 Å². The number of primary amides is 1. The molecule has 1 atom stereocenters. The molecule has 4 rings (SSSR count). The minimum absolute atomic E-state index is 0.251. The van der Waals surface area contributed by atoms with Crippen LogP contribution in [0.2, 0.25) is 0 Å². The van der Waals surface area contributed by atoms with Crippen molar-refractivity contribution in [1.82, 2.24) is 19.4 Å². The number of anilines is 1. The Hall–Kier alpha value is -3.17. The lowest BCUT2D eigenvalue weighted by Gasteiger charge is -2.38. The number of carbonyl (C=O) groups excluding carboxylic acids is 1. The summed E-state index contributed by atoms with van der Waals surface area (Å²) in [5, 5.41) is 0. The highest BCUT2D eigenvalue weighted by Gasteiger charge is 2.37. The van der Waals surface area contributed by atoms with Crippen molar-refractivity contribution in [2.24, 2.45) is 11.1 Å². The number of aromatic nitrogens is 4. The third kappa shape index (κ3) is 3.50. The Bertz CT molecular complexity index is 1080. The monoisotopic (exact) mass is 404 g/mol. The van der Waals surface area contributed by atoms with Crippen LogP contribution in [0.25, 0.3) is 17.2 Å². The van der Waals surface area contributed by atoms with E-state index in [4.69, 9.17) is 5.73 Å². The van der Waals surface area contributed by atoms with Gasteiger partial charge in [-0.05, 0) is 38.0 Å². The van der Waals surface area contributed by atoms with E-state index in [0.717, 1.165) is 18.7 Å². The maximum absolute atomic E-state index is 13.1. The van der Waals surface area contributed by atoms with Crippen molar-refractivity contribution in [2.45, 2.75) is 25.9 Å². The maximum atomic E-state index is 13.1. The van der Waals surface area contributed by atoms with Crippen molar-refractivity contribution in [3.8, 4) is 11.5 Å². The molecule has 1 unspecified atom stereocenters. The molecule has 2 N–H and O–H groups in total. The van der Waals surface area contributed by atoms with E-state index in [1.165, 1.54) is 16.7 Å². The number of fused-ring (bicyclic) bond motifs is 1. The van der Waals surface area contributed by atoms with Gasteiger partial charge in [0, 0.05) is 25.5 Å². The summed E-state index contributed by atoms with van der Waals surface area (Å²) < 4.78 is 40.6. The fourth-order valence-electron chi connectivity index (χ4n) is 3.60. The highest BCUT2D eigenvalue weighted by Crippen LogP contribution is 2.33. The Morgan fingerprint density at radius 2 is 2.03 bits per heavy atom. The first-order valence-electron chi connectivity index (χ1n) is 9.10. The van der Waals surface area contributed by atoms with Gasteiger partial charge in [0.25, 0.3) is 0 Å². The lowest BCUT2D eigenvalue weighted by atomic mass is 9.81. The van der Waals surface area contributed by atoms with E-state index in [-0.39, 0.29) is 11.7 Å². The van der Waals surface area contributed by atoms with Crippen LogP contribution in [0.5, 0.6) is 0 Å². The van der Waals surface area contributed by atoms with Crippen molar-refractivity contribution in [1.29, 1.82) is 0 Å². The molecule has 0 radical (unpaired) electrons. The van der Waals surface area contributed by atoms with E-state index in [1.54, 1.807) is 12.3 Å². The summed E-state index contributed by atoms with van der Waals surface area (Å²) in [7, 11) is 0. The summed E-state index contributed by atoms with van der Waals surface area (Å²) in [6, 6.07) is 4.00. The smallest absolute Gasteiger partial charge is 0.369 e. The van der Waals surface area contributed by atoms with Gasteiger partial charge in [0.05, 0.1) is 17.2 Å². The van der Waals surface area contributed by atoms with Crippen LogP contribution in [0, 0.1) is 5.41 Å². The van der Waals surface area contributed by atoms with Gasteiger partial charge in [0.2, 0.25) is 5.91 Å². The van der Waals surface area contributed by atoms with Gasteiger partial charge in [0.1, 0.15) is 17.2 Å². The van der Waals surface area contributed by atoms with Crippen LogP contribution < -0.4 is 10.6 Å². The molecule has 3 aromatic heterocycles. The summed E-state index contributed by atoms with van der Waals surface area (Å²) >= 11 is 0. The Labute approximate surface area is 164 Å². The molecule has 10 heteroatoms. The van der Waals surface area contributed by atoms with Crippen molar-refractivity contribution in [3.05, 3.63) is 42.4 Å². The molecule has 3 aromatic rings. The van der Waals surface area contributed by atoms with Crippen molar-refractivity contribution in [3.63, 3.8) is 0 Å². The predicted octanol–water partition coefficient (Wildman–Crippen LogP) is 2.90. The van der Waals surface area contributed by atoms with Crippen LogP contribution in [0.4, 0.5) is 19.0 Å². The largest absolute Gasteiger partial charge is 0.417 e. The molecule has 0 aromatic carbocycles. The first-order valence-corrected chi connectivity index (χ1v) is 9.10. The Morgan fingerprint density at radius 3 is 2.76 bits per heavy atom. The van der Waals surface area contributed by atoms with Gasteiger partial charge in [-0.2, -0.15) is 13.2 Å². The number of imidazole rings is 1. The van der Waals surface area contributed by atoms with E-state index >= 15 is 0 Å². The summed E-state index contributed by atoms with van der Waals surface area (Å²) in [6.07, 6.45) is 0.983. The van der Waals surface area contributed by atoms with Crippen LogP contribution in [0.15, 0.2) is 36.8 Å². The first kappa shape index (κ1) is 19.2. The van der Waals surface area contributed by atoms with Gasteiger partial charge >= 0.3 is 6.18 Å². The molecule has 1 saturated heterocycles. The first-order chi connectivity index (χ1) is 13.7. The van der Waals surface area contributed by atoms with E-state index in [1.807, 2.05) is 11.8 Å². The van der Waals surface area contributed by atoms with Gasteiger partial charge in [-0.25, -0.2) is 15.0 Å². The number of hydrogen-bond donors (Lipinski definition) is 1. The molecular formula is C19H19F3N6O. The van der Waals surface area contributed by atoms with Gasteiger partial charge in [-0.1, -0.05) is 0 Å². The third-order valence-electron chi connectivity index (χ3n) is 5.32. The molecule has 0 saturated carbocycles. The lowest BCUT2D eigenvalue weighted by molar-refractivity contribution is -0.137. The third-order valence-corrected chi connectivity index (χ3v) is 5.32. The van der Waals surface area contributed by atoms with Crippen LogP contribution in [0.3, 0.4) is 0 Å². The molecule has 1 fully saturated rings. The van der Waals surface area contributed by atoms with E-state index < -0.39 is 17.2 Å².